The molecule has 3 aromatic rings. The summed E-state index contributed by atoms with van der Waals surface area (Å²) in [7, 11) is 0. The summed E-state index contributed by atoms with van der Waals surface area (Å²) < 4.78 is 1.97. The summed E-state index contributed by atoms with van der Waals surface area (Å²) in [5.74, 6) is 0.755. The van der Waals surface area contributed by atoms with Crippen molar-refractivity contribution >= 4 is 5.78 Å². The molecule has 0 spiro atoms. The maximum absolute atomic E-state index is 4.61. The van der Waals surface area contributed by atoms with Crippen molar-refractivity contribution in [1.29, 1.82) is 0 Å². The van der Waals surface area contributed by atoms with Gasteiger partial charge in [0.2, 0.25) is 5.78 Å². The van der Waals surface area contributed by atoms with Crippen LogP contribution < -0.4 is 5.32 Å². The van der Waals surface area contributed by atoms with Crippen molar-refractivity contribution in [1.82, 2.24) is 29.6 Å². The van der Waals surface area contributed by atoms with Gasteiger partial charge < -0.3 is 5.32 Å². The number of nitrogens with zero attached hydrogens (tertiary/aromatic N) is 5. The van der Waals surface area contributed by atoms with Gasteiger partial charge in [-0.1, -0.05) is 6.07 Å². The summed E-state index contributed by atoms with van der Waals surface area (Å²) in [6.45, 7) is 3.77. The summed E-state index contributed by atoms with van der Waals surface area (Å²) in [6.07, 6.45) is 9.59. The smallest absolute Gasteiger partial charge is 0.233 e. The molecule has 22 heavy (non-hydrogen) atoms. The number of fused-ring (bicyclic) bond motifs is 1. The van der Waals surface area contributed by atoms with Gasteiger partial charge in [-0.25, -0.2) is 9.97 Å². The maximum Gasteiger partial charge on any atom is 0.233 e. The van der Waals surface area contributed by atoms with Crippen LogP contribution in [0.5, 0.6) is 0 Å². The van der Waals surface area contributed by atoms with Crippen LogP contribution in [0, 0.1) is 0 Å². The van der Waals surface area contributed by atoms with E-state index in [2.05, 4.69) is 37.4 Å². The summed E-state index contributed by atoms with van der Waals surface area (Å²) in [6, 6.07) is 6.39. The summed E-state index contributed by atoms with van der Waals surface area (Å²) in [4.78, 5) is 15.6. The van der Waals surface area contributed by atoms with Crippen molar-refractivity contribution in [3.63, 3.8) is 0 Å². The highest BCUT2D eigenvalue weighted by molar-refractivity contribution is 5.29. The van der Waals surface area contributed by atoms with Crippen molar-refractivity contribution in [3.05, 3.63) is 60.4 Å². The van der Waals surface area contributed by atoms with Gasteiger partial charge in [0.15, 0.2) is 0 Å². The minimum atomic E-state index is 0.334. The van der Waals surface area contributed by atoms with Crippen LogP contribution >= 0.6 is 0 Å². The van der Waals surface area contributed by atoms with Gasteiger partial charge in [-0.2, -0.15) is 0 Å². The number of piperazine rings is 1. The molecular weight excluding hydrogens is 276 g/mol. The number of aromatic nitrogens is 4. The molecule has 4 rings (SSSR count). The molecule has 0 radical (unpaired) electrons. The van der Waals surface area contributed by atoms with E-state index in [1.165, 1.54) is 5.56 Å². The number of hydrogen-bond acceptors (Lipinski definition) is 5. The topological polar surface area (TPSA) is 58.4 Å². The van der Waals surface area contributed by atoms with Crippen LogP contribution in [0.2, 0.25) is 0 Å². The monoisotopic (exact) mass is 294 g/mol. The van der Waals surface area contributed by atoms with E-state index in [1.54, 1.807) is 6.20 Å². The van der Waals surface area contributed by atoms with Crippen molar-refractivity contribution in [2.24, 2.45) is 0 Å². The van der Waals surface area contributed by atoms with Gasteiger partial charge in [-0.05, 0) is 17.7 Å². The standard InChI is InChI=1S/C16H18N6/c1-3-13(9-17-4-1)15-10-18-6-8-21(15)11-14-12-22-7-2-5-19-16(22)20-14/h1-5,7,9,12,15,18H,6,8,10-11H2. The third-order valence-electron chi connectivity index (χ3n) is 4.07. The van der Waals surface area contributed by atoms with Gasteiger partial charge in [0, 0.05) is 63.2 Å². The third kappa shape index (κ3) is 2.58. The van der Waals surface area contributed by atoms with Gasteiger partial charge in [-0.3, -0.25) is 14.3 Å². The Morgan fingerprint density at radius 1 is 1.27 bits per heavy atom. The zero-order chi connectivity index (χ0) is 14.8. The Kier molecular flexibility index (Phi) is 3.54. The molecule has 1 fully saturated rings. The van der Waals surface area contributed by atoms with E-state index in [1.807, 2.05) is 35.1 Å². The normalized spacial score (nSPS) is 19.5. The fraction of sp³-hybridized carbons (Fsp3) is 0.312. The summed E-state index contributed by atoms with van der Waals surface area (Å²) in [5, 5.41) is 3.47. The quantitative estimate of drug-likeness (QED) is 0.788. The van der Waals surface area contributed by atoms with E-state index in [0.717, 1.165) is 37.7 Å². The number of nitrogens with one attached hydrogen (secondary N) is 1. The predicted octanol–water partition coefficient (Wildman–Crippen LogP) is 1.27. The maximum atomic E-state index is 4.61. The lowest BCUT2D eigenvalue weighted by molar-refractivity contribution is 0.152. The van der Waals surface area contributed by atoms with Gasteiger partial charge >= 0.3 is 0 Å². The number of rotatable bonds is 3. The second-order valence-electron chi connectivity index (χ2n) is 5.54. The molecule has 0 amide bonds. The van der Waals surface area contributed by atoms with Crippen LogP contribution in [0.15, 0.2) is 49.2 Å². The van der Waals surface area contributed by atoms with E-state index in [9.17, 15) is 0 Å². The molecule has 112 valence electrons. The highest BCUT2D eigenvalue weighted by atomic mass is 15.2. The molecule has 1 saturated heterocycles. The summed E-state index contributed by atoms with van der Waals surface area (Å²) >= 11 is 0. The second-order valence-corrected chi connectivity index (χ2v) is 5.54. The van der Waals surface area contributed by atoms with Gasteiger partial charge in [0.05, 0.1) is 5.69 Å². The molecule has 0 aliphatic carbocycles. The largest absolute Gasteiger partial charge is 0.314 e. The molecule has 1 N–H and O–H groups in total. The highest BCUT2D eigenvalue weighted by Gasteiger charge is 2.24. The molecule has 6 heteroatoms. The fourth-order valence-corrected chi connectivity index (χ4v) is 3.00. The minimum Gasteiger partial charge on any atom is -0.314 e. The van der Waals surface area contributed by atoms with Crippen molar-refractivity contribution in [2.75, 3.05) is 19.6 Å². The Balaban J connectivity index is 1.59. The fourth-order valence-electron chi connectivity index (χ4n) is 3.00. The first-order valence-corrected chi connectivity index (χ1v) is 7.53. The third-order valence-corrected chi connectivity index (χ3v) is 4.07. The number of imidazole rings is 1. The first kappa shape index (κ1) is 13.4. The first-order chi connectivity index (χ1) is 10.9. The molecular formula is C16H18N6. The predicted molar refractivity (Wildman–Crippen MR) is 83.2 cm³/mol. The Morgan fingerprint density at radius 3 is 3.14 bits per heavy atom. The van der Waals surface area contributed by atoms with E-state index in [0.29, 0.717) is 6.04 Å². The van der Waals surface area contributed by atoms with Crippen LogP contribution in [-0.4, -0.2) is 43.9 Å². The Labute approximate surface area is 128 Å². The average molecular weight is 294 g/mol. The van der Waals surface area contributed by atoms with Crippen molar-refractivity contribution < 1.29 is 0 Å². The van der Waals surface area contributed by atoms with Crippen molar-refractivity contribution in [2.45, 2.75) is 12.6 Å². The zero-order valence-electron chi connectivity index (χ0n) is 12.3. The zero-order valence-corrected chi connectivity index (χ0v) is 12.3. The number of hydrogen-bond donors (Lipinski definition) is 1. The first-order valence-electron chi connectivity index (χ1n) is 7.53. The summed E-state index contributed by atoms with van der Waals surface area (Å²) in [5.41, 5.74) is 2.30. The van der Waals surface area contributed by atoms with Crippen LogP contribution in [0.3, 0.4) is 0 Å². The molecule has 1 atom stereocenters. The molecule has 1 unspecified atom stereocenters. The molecule has 0 bridgehead atoms. The lowest BCUT2D eigenvalue weighted by Crippen LogP contribution is -2.45. The Hall–Kier alpha value is -2.31. The highest BCUT2D eigenvalue weighted by Crippen LogP contribution is 2.23. The molecule has 4 heterocycles. The molecule has 1 aliphatic heterocycles. The lowest BCUT2D eigenvalue weighted by Gasteiger charge is -2.35. The lowest BCUT2D eigenvalue weighted by atomic mass is 10.1. The minimum absolute atomic E-state index is 0.334. The van der Waals surface area contributed by atoms with Gasteiger partial charge in [-0.15, -0.1) is 0 Å². The van der Waals surface area contributed by atoms with Crippen LogP contribution in [-0.2, 0) is 6.54 Å². The second kappa shape index (κ2) is 5.82. The van der Waals surface area contributed by atoms with Gasteiger partial charge in [0.1, 0.15) is 0 Å². The average Bonchev–Trinajstić information content (AvgIpc) is 2.98. The van der Waals surface area contributed by atoms with E-state index >= 15 is 0 Å². The van der Waals surface area contributed by atoms with Crippen LogP contribution in [0.25, 0.3) is 5.78 Å². The molecule has 6 nitrogen and oxygen atoms in total. The van der Waals surface area contributed by atoms with E-state index in [-0.39, 0.29) is 0 Å². The van der Waals surface area contributed by atoms with E-state index in [4.69, 9.17) is 0 Å². The molecule has 3 aromatic heterocycles. The SMILES string of the molecule is c1cncc(C2CNCCN2Cc2cn3cccnc3n2)c1. The van der Waals surface area contributed by atoms with Crippen LogP contribution in [0.1, 0.15) is 17.3 Å². The molecule has 1 aliphatic rings. The number of pyridine rings is 1. The molecule has 0 aromatic carbocycles. The van der Waals surface area contributed by atoms with Crippen molar-refractivity contribution in [3.8, 4) is 0 Å². The van der Waals surface area contributed by atoms with E-state index < -0.39 is 0 Å². The Bertz CT molecular complexity index is 720. The van der Waals surface area contributed by atoms with Crippen LogP contribution in [0.4, 0.5) is 0 Å². The van der Waals surface area contributed by atoms with Gasteiger partial charge in [0.25, 0.3) is 0 Å². The molecule has 0 saturated carbocycles. The Morgan fingerprint density at radius 2 is 2.27 bits per heavy atom.